The average Bonchev–Trinajstić information content (AvgIpc) is 2.74. The summed E-state index contributed by atoms with van der Waals surface area (Å²) in [6.45, 7) is 0.416. The molecule has 20 heavy (non-hydrogen) atoms. The lowest BCUT2D eigenvalue weighted by Crippen LogP contribution is -2.40. The van der Waals surface area contributed by atoms with Gasteiger partial charge in [-0.25, -0.2) is 13.2 Å². The minimum Gasteiger partial charge on any atom is -0.349 e. The molecule has 0 aliphatic heterocycles. The molecule has 3 N–H and O–H groups in total. The van der Waals surface area contributed by atoms with E-state index in [0.717, 1.165) is 19.3 Å². The maximum absolute atomic E-state index is 13.4. The maximum Gasteiger partial charge on any atom is 0.257 e. The number of amides is 1. The first-order valence-corrected chi connectivity index (χ1v) is 6.18. The Hall–Kier alpha value is -1.27. The third-order valence-electron chi connectivity index (χ3n) is 3.51. The Morgan fingerprint density at radius 2 is 1.85 bits per heavy atom. The second kappa shape index (κ2) is 6.95. The molecule has 0 bridgehead atoms. The van der Waals surface area contributed by atoms with E-state index < -0.39 is 28.9 Å². The molecule has 1 aliphatic rings. The number of halogens is 4. The first-order valence-electron chi connectivity index (χ1n) is 6.18. The summed E-state index contributed by atoms with van der Waals surface area (Å²) < 4.78 is 39.7. The van der Waals surface area contributed by atoms with Crippen LogP contribution in [-0.2, 0) is 0 Å². The molecule has 1 amide bonds. The molecular formula is C13H16ClF3N2O. The fraction of sp³-hybridized carbons (Fsp3) is 0.462. The predicted octanol–water partition coefficient (Wildman–Crippen LogP) is 2.38. The van der Waals surface area contributed by atoms with Crippen molar-refractivity contribution in [2.45, 2.75) is 25.3 Å². The maximum atomic E-state index is 13.4. The van der Waals surface area contributed by atoms with Crippen molar-refractivity contribution in [3.63, 3.8) is 0 Å². The van der Waals surface area contributed by atoms with Gasteiger partial charge in [0.05, 0.1) is 0 Å². The number of nitrogens with one attached hydrogen (secondary N) is 1. The van der Waals surface area contributed by atoms with Crippen LogP contribution in [0.5, 0.6) is 0 Å². The van der Waals surface area contributed by atoms with Crippen LogP contribution in [0.4, 0.5) is 13.2 Å². The van der Waals surface area contributed by atoms with Crippen LogP contribution < -0.4 is 11.1 Å². The van der Waals surface area contributed by atoms with Gasteiger partial charge in [0.25, 0.3) is 5.91 Å². The van der Waals surface area contributed by atoms with Crippen molar-refractivity contribution in [1.82, 2.24) is 5.32 Å². The molecule has 3 nitrogen and oxygen atoms in total. The first kappa shape index (κ1) is 16.8. The molecule has 1 aromatic carbocycles. The molecule has 0 aromatic heterocycles. The molecule has 1 fully saturated rings. The molecule has 1 aliphatic carbocycles. The highest BCUT2D eigenvalue weighted by molar-refractivity contribution is 5.95. The second-order valence-electron chi connectivity index (χ2n) is 4.75. The fourth-order valence-electron chi connectivity index (χ4n) is 2.51. The van der Waals surface area contributed by atoms with Crippen LogP contribution in [0.15, 0.2) is 12.1 Å². The second-order valence-corrected chi connectivity index (χ2v) is 4.75. The highest BCUT2D eigenvalue weighted by Crippen LogP contribution is 2.25. The average molecular weight is 309 g/mol. The minimum atomic E-state index is -1.20. The Balaban J connectivity index is 0.00000200. The molecule has 1 saturated carbocycles. The smallest absolute Gasteiger partial charge is 0.257 e. The molecule has 0 radical (unpaired) electrons. The molecule has 7 heteroatoms. The summed E-state index contributed by atoms with van der Waals surface area (Å²) in [6, 6.07) is 0.807. The SMILES string of the molecule is Cl.NCC1CCCC1NC(=O)c1c(F)cc(F)cc1F. The zero-order valence-electron chi connectivity index (χ0n) is 10.7. The molecule has 2 atom stereocenters. The molecule has 1 aromatic rings. The van der Waals surface area contributed by atoms with E-state index in [4.69, 9.17) is 5.73 Å². The Morgan fingerprint density at radius 3 is 2.40 bits per heavy atom. The van der Waals surface area contributed by atoms with E-state index in [2.05, 4.69) is 5.32 Å². The lowest BCUT2D eigenvalue weighted by atomic mass is 10.0. The molecule has 0 saturated heterocycles. The van der Waals surface area contributed by atoms with Crippen molar-refractivity contribution in [3.05, 3.63) is 35.1 Å². The molecular weight excluding hydrogens is 293 g/mol. The standard InChI is InChI=1S/C13H15F3N2O.ClH/c14-8-4-9(15)12(10(16)5-8)13(19)18-11-3-1-2-7(11)6-17;/h4-5,7,11H,1-3,6,17H2,(H,18,19);1H. The summed E-state index contributed by atoms with van der Waals surface area (Å²) in [6.07, 6.45) is 2.54. The van der Waals surface area contributed by atoms with Gasteiger partial charge in [0, 0.05) is 18.2 Å². The number of carbonyl (C=O) groups excluding carboxylic acids is 1. The van der Waals surface area contributed by atoms with Crippen LogP contribution in [0, 0.1) is 23.4 Å². The predicted molar refractivity (Wildman–Crippen MR) is 71.2 cm³/mol. The highest BCUT2D eigenvalue weighted by atomic mass is 35.5. The van der Waals surface area contributed by atoms with Gasteiger partial charge in [-0.2, -0.15) is 0 Å². The minimum absolute atomic E-state index is 0. The monoisotopic (exact) mass is 308 g/mol. The zero-order chi connectivity index (χ0) is 14.0. The van der Waals surface area contributed by atoms with Crippen LogP contribution in [0.1, 0.15) is 29.6 Å². The van der Waals surface area contributed by atoms with Crippen molar-refractivity contribution in [2.24, 2.45) is 11.7 Å². The van der Waals surface area contributed by atoms with Crippen LogP contribution >= 0.6 is 12.4 Å². The van der Waals surface area contributed by atoms with E-state index in [1.54, 1.807) is 0 Å². The van der Waals surface area contributed by atoms with E-state index in [9.17, 15) is 18.0 Å². The van der Waals surface area contributed by atoms with Crippen molar-refractivity contribution in [1.29, 1.82) is 0 Å². The summed E-state index contributed by atoms with van der Waals surface area (Å²) in [5.74, 6) is -4.18. The number of hydrogen-bond acceptors (Lipinski definition) is 2. The van der Waals surface area contributed by atoms with E-state index >= 15 is 0 Å². The first-order chi connectivity index (χ1) is 9.02. The normalized spacial score (nSPS) is 21.4. The molecule has 2 unspecified atom stereocenters. The van der Waals surface area contributed by atoms with Crippen molar-refractivity contribution in [2.75, 3.05) is 6.54 Å². The van der Waals surface area contributed by atoms with Crippen molar-refractivity contribution in [3.8, 4) is 0 Å². The van der Waals surface area contributed by atoms with Crippen LogP contribution in [0.25, 0.3) is 0 Å². The Morgan fingerprint density at radius 1 is 1.25 bits per heavy atom. The van der Waals surface area contributed by atoms with Crippen LogP contribution in [0.3, 0.4) is 0 Å². The molecule has 0 spiro atoms. The van der Waals surface area contributed by atoms with Gasteiger partial charge in [-0.1, -0.05) is 6.42 Å². The van der Waals surface area contributed by atoms with Gasteiger partial charge in [-0.05, 0) is 25.3 Å². The van der Waals surface area contributed by atoms with Gasteiger partial charge < -0.3 is 11.1 Å². The number of carbonyl (C=O) groups is 1. The third-order valence-corrected chi connectivity index (χ3v) is 3.51. The Bertz CT molecular complexity index is 475. The summed E-state index contributed by atoms with van der Waals surface area (Å²) >= 11 is 0. The van der Waals surface area contributed by atoms with Crippen LogP contribution in [0.2, 0.25) is 0 Å². The topological polar surface area (TPSA) is 55.1 Å². The Labute approximate surface area is 121 Å². The summed E-state index contributed by atoms with van der Waals surface area (Å²) in [7, 11) is 0. The Kier molecular flexibility index (Phi) is 5.83. The quantitative estimate of drug-likeness (QED) is 0.901. The van der Waals surface area contributed by atoms with Crippen molar-refractivity contribution >= 4 is 18.3 Å². The number of hydrogen-bond donors (Lipinski definition) is 2. The number of rotatable bonds is 3. The van der Waals surface area contributed by atoms with Gasteiger partial charge in [0.2, 0.25) is 0 Å². The zero-order valence-corrected chi connectivity index (χ0v) is 11.5. The third kappa shape index (κ3) is 3.43. The van der Waals surface area contributed by atoms with E-state index in [1.165, 1.54) is 0 Å². The summed E-state index contributed by atoms with van der Waals surface area (Å²) in [4.78, 5) is 11.9. The lowest BCUT2D eigenvalue weighted by molar-refractivity contribution is 0.0920. The van der Waals surface area contributed by atoms with Gasteiger partial charge in [-0.3, -0.25) is 4.79 Å². The van der Waals surface area contributed by atoms with E-state index in [1.807, 2.05) is 0 Å². The van der Waals surface area contributed by atoms with Crippen LogP contribution in [-0.4, -0.2) is 18.5 Å². The van der Waals surface area contributed by atoms with Crippen molar-refractivity contribution < 1.29 is 18.0 Å². The largest absolute Gasteiger partial charge is 0.349 e. The lowest BCUT2D eigenvalue weighted by Gasteiger charge is -2.19. The molecule has 112 valence electrons. The molecule has 2 rings (SSSR count). The van der Waals surface area contributed by atoms with Gasteiger partial charge >= 0.3 is 0 Å². The number of nitrogens with two attached hydrogens (primary N) is 1. The van der Waals surface area contributed by atoms with E-state index in [-0.39, 0.29) is 24.4 Å². The van der Waals surface area contributed by atoms with E-state index in [0.29, 0.717) is 18.7 Å². The molecule has 0 heterocycles. The number of benzene rings is 1. The van der Waals surface area contributed by atoms with Gasteiger partial charge in [-0.15, -0.1) is 12.4 Å². The fourth-order valence-corrected chi connectivity index (χ4v) is 2.51. The highest BCUT2D eigenvalue weighted by Gasteiger charge is 2.29. The summed E-state index contributed by atoms with van der Waals surface area (Å²) in [5, 5.41) is 2.58. The van der Waals surface area contributed by atoms with Gasteiger partial charge in [0.15, 0.2) is 0 Å². The van der Waals surface area contributed by atoms with Gasteiger partial charge in [0.1, 0.15) is 23.0 Å². The summed E-state index contributed by atoms with van der Waals surface area (Å²) in [5.41, 5.74) is 4.82.